The Hall–Kier alpha value is -2.41. The maximum atomic E-state index is 12.5. The Kier molecular flexibility index (Phi) is 5.11. The number of amides is 1. The minimum atomic E-state index is 0.180. The van der Waals surface area contributed by atoms with Crippen LogP contribution in [0.25, 0.3) is 0 Å². The molecule has 0 aromatic carbocycles. The molecule has 0 N–H and O–H groups in total. The van der Waals surface area contributed by atoms with Gasteiger partial charge in [0.05, 0.1) is 24.1 Å². The Labute approximate surface area is 159 Å². The van der Waals surface area contributed by atoms with Crippen LogP contribution in [0.4, 0.5) is 0 Å². The lowest BCUT2D eigenvalue weighted by Crippen LogP contribution is -2.53. The standard InChI is InChI=1S/C20H26N6O/c1-16-7-24-18(10-23-16)12-26-14-20(5-3-19(26)27)4-2-6-25(13-20)11-17-8-21-15-22-9-17/h7-10,15H,2-6,11-14H2,1H3. The highest BCUT2D eigenvalue weighted by Gasteiger charge is 2.41. The summed E-state index contributed by atoms with van der Waals surface area (Å²) in [5.74, 6) is 0.233. The van der Waals surface area contributed by atoms with Crippen molar-refractivity contribution in [1.29, 1.82) is 0 Å². The van der Waals surface area contributed by atoms with Crippen LogP contribution in [0.1, 0.15) is 42.6 Å². The molecule has 1 atom stereocenters. The van der Waals surface area contributed by atoms with Gasteiger partial charge in [0.25, 0.3) is 0 Å². The molecule has 2 aliphatic heterocycles. The van der Waals surface area contributed by atoms with Crippen LogP contribution in [-0.2, 0) is 17.9 Å². The highest BCUT2D eigenvalue weighted by Crippen LogP contribution is 2.39. The first kappa shape index (κ1) is 18.0. The highest BCUT2D eigenvalue weighted by atomic mass is 16.2. The van der Waals surface area contributed by atoms with E-state index in [1.165, 1.54) is 12.8 Å². The average molecular weight is 366 g/mol. The Bertz CT molecular complexity index is 781. The molecule has 2 aromatic rings. The van der Waals surface area contributed by atoms with E-state index in [1.54, 1.807) is 18.7 Å². The number of hydrogen-bond donors (Lipinski definition) is 0. The Morgan fingerprint density at radius 1 is 1.04 bits per heavy atom. The van der Waals surface area contributed by atoms with E-state index in [9.17, 15) is 4.79 Å². The van der Waals surface area contributed by atoms with Crippen LogP contribution in [0.5, 0.6) is 0 Å². The number of rotatable bonds is 4. The van der Waals surface area contributed by atoms with Crippen molar-refractivity contribution in [3.63, 3.8) is 0 Å². The summed E-state index contributed by atoms with van der Waals surface area (Å²) in [7, 11) is 0. The molecule has 2 aliphatic rings. The number of aromatic nitrogens is 4. The van der Waals surface area contributed by atoms with Crippen LogP contribution in [0.3, 0.4) is 0 Å². The van der Waals surface area contributed by atoms with Crippen molar-refractivity contribution in [1.82, 2.24) is 29.7 Å². The minimum absolute atomic E-state index is 0.180. The van der Waals surface area contributed by atoms with Crippen molar-refractivity contribution < 1.29 is 4.79 Å². The second-order valence-electron chi connectivity index (χ2n) is 7.96. The molecule has 2 saturated heterocycles. The van der Waals surface area contributed by atoms with Crippen LogP contribution in [-0.4, -0.2) is 55.3 Å². The van der Waals surface area contributed by atoms with Gasteiger partial charge in [0.2, 0.25) is 5.91 Å². The third-order valence-electron chi connectivity index (χ3n) is 5.70. The first-order valence-electron chi connectivity index (χ1n) is 9.63. The molecule has 142 valence electrons. The van der Waals surface area contributed by atoms with Crippen LogP contribution in [0.15, 0.2) is 31.1 Å². The van der Waals surface area contributed by atoms with Gasteiger partial charge in [-0.3, -0.25) is 19.7 Å². The van der Waals surface area contributed by atoms with Gasteiger partial charge in [0, 0.05) is 55.6 Å². The number of piperidine rings is 2. The van der Waals surface area contributed by atoms with Crippen molar-refractivity contribution in [2.24, 2.45) is 5.41 Å². The maximum absolute atomic E-state index is 12.5. The predicted molar refractivity (Wildman–Crippen MR) is 100 cm³/mol. The minimum Gasteiger partial charge on any atom is -0.336 e. The third kappa shape index (κ3) is 4.30. The lowest BCUT2D eigenvalue weighted by molar-refractivity contribution is -0.140. The molecule has 2 aromatic heterocycles. The highest BCUT2D eigenvalue weighted by molar-refractivity contribution is 5.77. The zero-order valence-electron chi connectivity index (χ0n) is 15.8. The first-order chi connectivity index (χ1) is 13.1. The summed E-state index contributed by atoms with van der Waals surface area (Å²) in [5.41, 5.74) is 3.08. The lowest BCUT2D eigenvalue weighted by Gasteiger charge is -2.48. The van der Waals surface area contributed by atoms with Gasteiger partial charge in [-0.1, -0.05) is 0 Å². The summed E-state index contributed by atoms with van der Waals surface area (Å²) in [6.45, 7) is 6.27. The molecule has 27 heavy (non-hydrogen) atoms. The molecular weight excluding hydrogens is 340 g/mol. The topological polar surface area (TPSA) is 75.1 Å². The number of carbonyl (C=O) groups is 1. The molecule has 7 nitrogen and oxygen atoms in total. The molecule has 0 bridgehead atoms. The van der Waals surface area contributed by atoms with E-state index in [2.05, 4.69) is 24.8 Å². The molecule has 4 rings (SSSR count). The first-order valence-corrected chi connectivity index (χ1v) is 9.63. The van der Waals surface area contributed by atoms with Crippen LogP contribution < -0.4 is 0 Å². The second kappa shape index (κ2) is 7.68. The molecule has 7 heteroatoms. The van der Waals surface area contributed by atoms with E-state index < -0.39 is 0 Å². The smallest absolute Gasteiger partial charge is 0.222 e. The van der Waals surface area contributed by atoms with Crippen molar-refractivity contribution in [2.45, 2.75) is 45.7 Å². The van der Waals surface area contributed by atoms with Gasteiger partial charge in [0.1, 0.15) is 6.33 Å². The number of likely N-dealkylation sites (tertiary alicyclic amines) is 2. The summed E-state index contributed by atoms with van der Waals surface area (Å²) in [6.07, 6.45) is 12.8. The van der Waals surface area contributed by atoms with Crippen molar-refractivity contribution >= 4 is 5.91 Å². The van der Waals surface area contributed by atoms with Gasteiger partial charge in [-0.15, -0.1) is 0 Å². The molecule has 0 saturated carbocycles. The Balaban J connectivity index is 1.43. The number of nitrogens with zero attached hydrogens (tertiary/aromatic N) is 6. The van der Waals surface area contributed by atoms with Crippen LogP contribution >= 0.6 is 0 Å². The fraction of sp³-hybridized carbons (Fsp3) is 0.550. The van der Waals surface area contributed by atoms with Crippen molar-refractivity contribution in [3.8, 4) is 0 Å². The van der Waals surface area contributed by atoms with Gasteiger partial charge in [-0.25, -0.2) is 9.97 Å². The van der Waals surface area contributed by atoms with E-state index in [0.717, 1.165) is 49.6 Å². The maximum Gasteiger partial charge on any atom is 0.222 e. The average Bonchev–Trinajstić information content (AvgIpc) is 2.68. The lowest BCUT2D eigenvalue weighted by atomic mass is 9.73. The molecule has 1 spiro atoms. The largest absolute Gasteiger partial charge is 0.336 e. The van der Waals surface area contributed by atoms with Gasteiger partial charge < -0.3 is 4.90 Å². The van der Waals surface area contributed by atoms with E-state index in [-0.39, 0.29) is 11.3 Å². The monoisotopic (exact) mass is 366 g/mol. The van der Waals surface area contributed by atoms with Crippen molar-refractivity contribution in [2.75, 3.05) is 19.6 Å². The number of aryl methyl sites for hydroxylation is 1. The van der Waals surface area contributed by atoms with Gasteiger partial charge >= 0.3 is 0 Å². The molecule has 0 radical (unpaired) electrons. The number of hydrogen-bond acceptors (Lipinski definition) is 6. The fourth-order valence-electron chi connectivity index (χ4n) is 4.39. The molecule has 1 amide bonds. The zero-order valence-corrected chi connectivity index (χ0v) is 15.8. The van der Waals surface area contributed by atoms with Crippen molar-refractivity contribution in [3.05, 3.63) is 48.1 Å². The molecule has 4 heterocycles. The SMILES string of the molecule is Cc1cnc(CN2CC3(CCCN(Cc4cncnc4)C3)CCC2=O)cn1. The van der Waals surface area contributed by atoms with Crippen LogP contribution in [0.2, 0.25) is 0 Å². The second-order valence-corrected chi connectivity index (χ2v) is 7.96. The van der Waals surface area contributed by atoms with Gasteiger partial charge in [-0.05, 0) is 32.7 Å². The predicted octanol–water partition coefficient (Wildman–Crippen LogP) is 1.98. The molecule has 2 fully saturated rings. The molecule has 0 aliphatic carbocycles. The van der Waals surface area contributed by atoms with E-state index in [4.69, 9.17) is 0 Å². The van der Waals surface area contributed by atoms with E-state index in [0.29, 0.717) is 13.0 Å². The molecule has 1 unspecified atom stereocenters. The third-order valence-corrected chi connectivity index (χ3v) is 5.70. The summed E-state index contributed by atoms with van der Waals surface area (Å²) < 4.78 is 0. The summed E-state index contributed by atoms with van der Waals surface area (Å²) in [6, 6.07) is 0. The molecular formula is C20H26N6O. The van der Waals surface area contributed by atoms with Crippen LogP contribution in [0, 0.1) is 12.3 Å². The summed E-state index contributed by atoms with van der Waals surface area (Å²) in [4.78, 5) is 34.0. The van der Waals surface area contributed by atoms with Gasteiger partial charge in [0.15, 0.2) is 0 Å². The quantitative estimate of drug-likeness (QED) is 0.824. The number of carbonyl (C=O) groups excluding carboxylic acids is 1. The Morgan fingerprint density at radius 3 is 2.67 bits per heavy atom. The summed E-state index contributed by atoms with van der Waals surface area (Å²) >= 11 is 0. The summed E-state index contributed by atoms with van der Waals surface area (Å²) in [5, 5.41) is 0. The van der Waals surface area contributed by atoms with E-state index in [1.807, 2.05) is 24.2 Å². The van der Waals surface area contributed by atoms with Gasteiger partial charge in [-0.2, -0.15) is 0 Å². The fourth-order valence-corrected chi connectivity index (χ4v) is 4.39. The van der Waals surface area contributed by atoms with E-state index >= 15 is 0 Å². The normalized spacial score (nSPS) is 23.7. The zero-order chi connectivity index (χ0) is 18.7. The Morgan fingerprint density at radius 2 is 1.89 bits per heavy atom.